The Bertz CT molecular complexity index is 997. The van der Waals surface area contributed by atoms with Gasteiger partial charge < -0.3 is 9.52 Å². The zero-order valence-corrected chi connectivity index (χ0v) is 14.6. The van der Waals surface area contributed by atoms with Crippen molar-refractivity contribution in [2.24, 2.45) is 0 Å². The van der Waals surface area contributed by atoms with E-state index in [1.54, 1.807) is 30.3 Å². The quantitative estimate of drug-likeness (QED) is 0.420. The SMILES string of the molecule is O=C1C(=O)N(c2nncs2)C(c2ccoc2)/C1=C(\O)c1ccc(Cl)cc1. The maximum Gasteiger partial charge on any atom is 0.301 e. The van der Waals surface area contributed by atoms with Gasteiger partial charge in [-0.1, -0.05) is 22.9 Å². The van der Waals surface area contributed by atoms with E-state index in [0.29, 0.717) is 16.1 Å². The van der Waals surface area contributed by atoms with Gasteiger partial charge in [-0.05, 0) is 30.3 Å². The van der Waals surface area contributed by atoms with Gasteiger partial charge in [-0.3, -0.25) is 14.5 Å². The van der Waals surface area contributed by atoms with Gasteiger partial charge in [0, 0.05) is 16.1 Å². The lowest BCUT2D eigenvalue weighted by Crippen LogP contribution is -2.29. The van der Waals surface area contributed by atoms with E-state index in [1.807, 2.05) is 0 Å². The predicted octanol–water partition coefficient (Wildman–Crippen LogP) is 3.41. The van der Waals surface area contributed by atoms with Gasteiger partial charge in [-0.2, -0.15) is 0 Å². The predicted molar refractivity (Wildman–Crippen MR) is 94.9 cm³/mol. The minimum atomic E-state index is -0.864. The first-order valence-corrected chi connectivity index (χ1v) is 8.69. The maximum atomic E-state index is 12.7. The van der Waals surface area contributed by atoms with Gasteiger partial charge >= 0.3 is 5.91 Å². The Hall–Kier alpha value is -2.97. The number of hydrogen-bond acceptors (Lipinski definition) is 7. The van der Waals surface area contributed by atoms with Crippen molar-refractivity contribution in [2.75, 3.05) is 4.90 Å². The summed E-state index contributed by atoms with van der Waals surface area (Å²) in [5, 5.41) is 19.1. The van der Waals surface area contributed by atoms with Gasteiger partial charge in [-0.25, -0.2) is 0 Å². The average molecular weight is 388 g/mol. The molecule has 1 fully saturated rings. The van der Waals surface area contributed by atoms with E-state index in [-0.39, 0.29) is 16.5 Å². The summed E-state index contributed by atoms with van der Waals surface area (Å²) in [5.41, 5.74) is 2.32. The van der Waals surface area contributed by atoms with Crippen LogP contribution in [-0.2, 0) is 9.59 Å². The van der Waals surface area contributed by atoms with E-state index in [4.69, 9.17) is 16.0 Å². The van der Waals surface area contributed by atoms with Crippen molar-refractivity contribution >= 4 is 45.5 Å². The molecule has 7 nitrogen and oxygen atoms in total. The van der Waals surface area contributed by atoms with Crippen LogP contribution in [0.5, 0.6) is 0 Å². The van der Waals surface area contributed by atoms with E-state index >= 15 is 0 Å². The van der Waals surface area contributed by atoms with Crippen LogP contribution < -0.4 is 4.90 Å². The van der Waals surface area contributed by atoms with Crippen LogP contribution >= 0.6 is 22.9 Å². The van der Waals surface area contributed by atoms with Crippen LogP contribution in [0.15, 0.2) is 58.4 Å². The lowest BCUT2D eigenvalue weighted by molar-refractivity contribution is -0.132. The number of aliphatic hydroxyl groups is 1. The summed E-state index contributed by atoms with van der Waals surface area (Å²) >= 11 is 6.99. The molecule has 1 atom stereocenters. The van der Waals surface area contributed by atoms with Gasteiger partial charge in [0.15, 0.2) is 0 Å². The topological polar surface area (TPSA) is 96.5 Å². The molecular weight excluding hydrogens is 378 g/mol. The molecular formula is C17H10ClN3O4S. The average Bonchev–Trinajstić information content (AvgIpc) is 3.37. The van der Waals surface area contributed by atoms with E-state index < -0.39 is 17.7 Å². The zero-order chi connectivity index (χ0) is 18.3. The monoisotopic (exact) mass is 387 g/mol. The van der Waals surface area contributed by atoms with Crippen molar-refractivity contribution in [3.63, 3.8) is 0 Å². The summed E-state index contributed by atoms with van der Waals surface area (Å²) < 4.78 is 5.11. The molecule has 9 heteroatoms. The minimum Gasteiger partial charge on any atom is -0.507 e. The first-order chi connectivity index (χ1) is 12.6. The van der Waals surface area contributed by atoms with Gasteiger partial charge in [0.2, 0.25) is 5.13 Å². The molecule has 1 aromatic carbocycles. The van der Waals surface area contributed by atoms with Crippen LogP contribution in [0.4, 0.5) is 5.13 Å². The van der Waals surface area contributed by atoms with E-state index in [1.165, 1.54) is 22.9 Å². The molecule has 0 saturated carbocycles. The normalized spacial score (nSPS) is 19.3. The fourth-order valence-electron chi connectivity index (χ4n) is 2.81. The van der Waals surface area contributed by atoms with Gasteiger partial charge in [0.25, 0.3) is 5.78 Å². The molecule has 4 rings (SSSR count). The second-order valence-electron chi connectivity index (χ2n) is 5.45. The number of hydrogen-bond donors (Lipinski definition) is 1. The number of ketones is 1. The number of furan rings is 1. The Kier molecular flexibility index (Phi) is 4.06. The lowest BCUT2D eigenvalue weighted by Gasteiger charge is -2.20. The number of Topliss-reactive ketones (excluding diaryl/α,β-unsaturated/α-hetero) is 1. The van der Waals surface area contributed by atoms with E-state index in [2.05, 4.69) is 10.2 Å². The fraction of sp³-hybridized carbons (Fsp3) is 0.0588. The Balaban J connectivity index is 1.92. The highest BCUT2D eigenvalue weighted by atomic mass is 35.5. The zero-order valence-electron chi connectivity index (χ0n) is 13.0. The van der Waals surface area contributed by atoms with Crippen LogP contribution in [0.25, 0.3) is 5.76 Å². The van der Waals surface area contributed by atoms with Gasteiger partial charge in [0.1, 0.15) is 17.3 Å². The van der Waals surface area contributed by atoms with Crippen LogP contribution in [0.1, 0.15) is 17.2 Å². The number of halogens is 1. The first kappa shape index (κ1) is 16.5. The number of aliphatic hydroxyl groups excluding tert-OH is 1. The largest absolute Gasteiger partial charge is 0.507 e. The molecule has 0 radical (unpaired) electrons. The summed E-state index contributed by atoms with van der Waals surface area (Å²) in [7, 11) is 0. The summed E-state index contributed by atoms with van der Waals surface area (Å²) in [4.78, 5) is 26.5. The third-order valence-corrected chi connectivity index (χ3v) is 4.92. The number of rotatable bonds is 3. The molecule has 1 saturated heterocycles. The molecule has 26 heavy (non-hydrogen) atoms. The third-order valence-electron chi connectivity index (χ3n) is 3.98. The Morgan fingerprint density at radius 1 is 1.23 bits per heavy atom. The Morgan fingerprint density at radius 2 is 2.00 bits per heavy atom. The van der Waals surface area contributed by atoms with Gasteiger partial charge in [-0.15, -0.1) is 10.2 Å². The van der Waals surface area contributed by atoms with E-state index in [9.17, 15) is 14.7 Å². The molecule has 1 amide bonds. The summed E-state index contributed by atoms with van der Waals surface area (Å²) in [5.74, 6) is -1.89. The maximum absolute atomic E-state index is 12.7. The summed E-state index contributed by atoms with van der Waals surface area (Å²) in [6.07, 6.45) is 2.84. The van der Waals surface area contributed by atoms with Crippen LogP contribution in [-0.4, -0.2) is 27.0 Å². The molecule has 1 aliphatic rings. The minimum absolute atomic E-state index is 0.0473. The number of amides is 1. The van der Waals surface area contributed by atoms with Gasteiger partial charge in [0.05, 0.1) is 18.1 Å². The van der Waals surface area contributed by atoms with Crippen LogP contribution in [0.2, 0.25) is 5.02 Å². The van der Waals surface area contributed by atoms with Crippen molar-refractivity contribution in [3.05, 3.63) is 70.1 Å². The number of benzene rings is 1. The lowest BCUT2D eigenvalue weighted by atomic mass is 9.97. The number of carbonyl (C=O) groups excluding carboxylic acids is 2. The molecule has 0 aliphatic carbocycles. The first-order valence-electron chi connectivity index (χ1n) is 7.43. The third kappa shape index (κ3) is 2.59. The Morgan fingerprint density at radius 3 is 2.62 bits per heavy atom. The number of carbonyl (C=O) groups is 2. The smallest absolute Gasteiger partial charge is 0.301 e. The molecule has 1 aliphatic heterocycles. The fourth-order valence-corrected chi connectivity index (χ4v) is 3.52. The van der Waals surface area contributed by atoms with Crippen molar-refractivity contribution in [1.82, 2.24) is 10.2 Å². The second kappa shape index (κ2) is 6.40. The number of aromatic nitrogens is 2. The molecule has 3 aromatic rings. The van der Waals surface area contributed by atoms with Crippen LogP contribution in [0, 0.1) is 0 Å². The molecule has 130 valence electrons. The molecule has 0 spiro atoms. The number of anilines is 1. The molecule has 0 bridgehead atoms. The second-order valence-corrected chi connectivity index (χ2v) is 6.70. The van der Waals surface area contributed by atoms with Crippen molar-refractivity contribution < 1.29 is 19.1 Å². The van der Waals surface area contributed by atoms with Crippen molar-refractivity contribution in [2.45, 2.75) is 6.04 Å². The van der Waals surface area contributed by atoms with E-state index in [0.717, 1.165) is 11.3 Å². The highest BCUT2D eigenvalue weighted by Gasteiger charge is 2.48. The highest BCUT2D eigenvalue weighted by molar-refractivity contribution is 7.13. The highest BCUT2D eigenvalue weighted by Crippen LogP contribution is 2.42. The summed E-state index contributed by atoms with van der Waals surface area (Å²) in [6.45, 7) is 0. The Labute approximate surface area is 156 Å². The molecule has 3 heterocycles. The van der Waals surface area contributed by atoms with Crippen molar-refractivity contribution in [3.8, 4) is 0 Å². The molecule has 1 N–H and O–H groups in total. The van der Waals surface area contributed by atoms with Crippen LogP contribution in [0.3, 0.4) is 0 Å². The molecule has 2 aromatic heterocycles. The number of nitrogens with zero attached hydrogens (tertiary/aromatic N) is 3. The summed E-state index contributed by atoms with van der Waals surface area (Å²) in [6, 6.07) is 7.08. The standard InChI is InChI=1S/C17H10ClN3O4S/c18-11-3-1-9(2-4-11)14(22)12-13(10-5-6-25-7-10)21(16(24)15(12)23)17-20-19-8-26-17/h1-8,13,22H/b14-12+. The van der Waals surface area contributed by atoms with Crippen molar-refractivity contribution in [1.29, 1.82) is 0 Å². The molecule has 1 unspecified atom stereocenters.